The molecule has 0 bridgehead atoms. The summed E-state index contributed by atoms with van der Waals surface area (Å²) in [4.78, 5) is 21.2. The number of nitrogens with zero attached hydrogens (tertiary/aromatic N) is 6. The Morgan fingerprint density at radius 3 is 2.62 bits per heavy atom. The molecule has 9 nitrogen and oxygen atoms in total. The summed E-state index contributed by atoms with van der Waals surface area (Å²) in [6.07, 6.45) is 4.45. The van der Waals surface area contributed by atoms with E-state index in [-0.39, 0.29) is 17.6 Å². The molecule has 192 valence electrons. The number of benzene rings is 2. The van der Waals surface area contributed by atoms with Crippen LogP contribution in [0.4, 0.5) is 5.69 Å². The number of rotatable bonds is 6. The van der Waals surface area contributed by atoms with Crippen molar-refractivity contribution in [1.82, 2.24) is 30.1 Å². The molecule has 0 amide bonds. The fourth-order valence-electron chi connectivity index (χ4n) is 5.73. The molecular formula is C27H30ClN7O2. The first-order valence-electron chi connectivity index (χ1n) is 12.8. The smallest absolute Gasteiger partial charge is 0.253 e. The Kier molecular flexibility index (Phi) is 6.56. The predicted molar refractivity (Wildman–Crippen MR) is 144 cm³/mol. The van der Waals surface area contributed by atoms with E-state index in [4.69, 9.17) is 16.3 Å². The van der Waals surface area contributed by atoms with E-state index < -0.39 is 0 Å². The summed E-state index contributed by atoms with van der Waals surface area (Å²) in [5.41, 5.74) is 2.40. The molecule has 1 saturated carbocycles. The lowest BCUT2D eigenvalue weighted by atomic mass is 10.0. The van der Waals surface area contributed by atoms with E-state index in [0.717, 1.165) is 72.2 Å². The van der Waals surface area contributed by atoms with E-state index in [1.54, 1.807) is 7.11 Å². The van der Waals surface area contributed by atoms with Crippen molar-refractivity contribution < 1.29 is 4.74 Å². The lowest BCUT2D eigenvalue weighted by Gasteiger charge is -2.39. The van der Waals surface area contributed by atoms with E-state index in [1.165, 1.54) is 12.8 Å². The van der Waals surface area contributed by atoms with E-state index in [0.29, 0.717) is 5.56 Å². The number of H-pyrrole nitrogens is 1. The monoisotopic (exact) mass is 519 g/mol. The molecule has 1 aliphatic heterocycles. The zero-order chi connectivity index (χ0) is 25.4. The highest BCUT2D eigenvalue weighted by molar-refractivity contribution is 6.30. The number of anilines is 1. The Bertz CT molecular complexity index is 1450. The Hall–Kier alpha value is -3.43. The van der Waals surface area contributed by atoms with Gasteiger partial charge in [-0.3, -0.25) is 9.69 Å². The summed E-state index contributed by atoms with van der Waals surface area (Å²) >= 11 is 6.25. The van der Waals surface area contributed by atoms with Gasteiger partial charge in [0, 0.05) is 53.4 Å². The molecular weight excluding hydrogens is 490 g/mol. The molecule has 1 N–H and O–H groups in total. The van der Waals surface area contributed by atoms with Crippen molar-refractivity contribution in [3.63, 3.8) is 0 Å². The van der Waals surface area contributed by atoms with Gasteiger partial charge in [0.2, 0.25) is 0 Å². The molecule has 0 spiro atoms. The van der Waals surface area contributed by atoms with Gasteiger partial charge in [-0.15, -0.1) is 5.10 Å². The summed E-state index contributed by atoms with van der Waals surface area (Å²) in [5.74, 6) is 1.48. The third-order valence-electron chi connectivity index (χ3n) is 7.66. The van der Waals surface area contributed by atoms with Crippen LogP contribution in [-0.4, -0.2) is 63.4 Å². The van der Waals surface area contributed by atoms with Crippen molar-refractivity contribution in [2.24, 2.45) is 0 Å². The van der Waals surface area contributed by atoms with Gasteiger partial charge in [0.15, 0.2) is 5.82 Å². The largest absolute Gasteiger partial charge is 0.497 e. The first-order chi connectivity index (χ1) is 18.1. The molecule has 2 fully saturated rings. The highest BCUT2D eigenvalue weighted by Gasteiger charge is 2.34. The molecule has 2 aliphatic rings. The number of aromatic nitrogens is 5. The second-order valence-corrected chi connectivity index (χ2v) is 10.3. The third-order valence-corrected chi connectivity index (χ3v) is 7.90. The SMILES string of the molecule is COc1ccc2[nH]c(=O)c([C@H](c3nnnn3C3CCCC3)N3CCN(c4cccc(Cl)c4)CC3)cc2c1. The minimum atomic E-state index is -0.364. The van der Waals surface area contributed by atoms with Gasteiger partial charge in [0.25, 0.3) is 5.56 Å². The van der Waals surface area contributed by atoms with Gasteiger partial charge in [-0.05, 0) is 65.7 Å². The summed E-state index contributed by atoms with van der Waals surface area (Å²) in [6, 6.07) is 15.5. The van der Waals surface area contributed by atoms with Crippen LogP contribution in [0.5, 0.6) is 5.75 Å². The molecule has 37 heavy (non-hydrogen) atoms. The molecule has 0 radical (unpaired) electrons. The number of halogens is 1. The Morgan fingerprint density at radius 2 is 1.86 bits per heavy atom. The lowest BCUT2D eigenvalue weighted by Crippen LogP contribution is -2.49. The zero-order valence-electron chi connectivity index (χ0n) is 20.8. The average Bonchev–Trinajstić information content (AvgIpc) is 3.62. The van der Waals surface area contributed by atoms with Crippen LogP contribution in [0.2, 0.25) is 5.02 Å². The second-order valence-electron chi connectivity index (χ2n) is 9.83. The van der Waals surface area contributed by atoms with Crippen LogP contribution in [-0.2, 0) is 0 Å². The predicted octanol–water partition coefficient (Wildman–Crippen LogP) is 4.20. The van der Waals surface area contributed by atoms with Crippen molar-refractivity contribution in [1.29, 1.82) is 0 Å². The highest BCUT2D eigenvalue weighted by atomic mass is 35.5. The number of hydrogen-bond donors (Lipinski definition) is 1. The van der Waals surface area contributed by atoms with Gasteiger partial charge in [-0.1, -0.05) is 30.5 Å². The van der Waals surface area contributed by atoms with Gasteiger partial charge < -0.3 is 14.6 Å². The third kappa shape index (κ3) is 4.69. The van der Waals surface area contributed by atoms with Crippen LogP contribution < -0.4 is 15.2 Å². The first kappa shape index (κ1) is 23.9. The number of piperazine rings is 1. The van der Waals surface area contributed by atoms with Gasteiger partial charge >= 0.3 is 0 Å². The van der Waals surface area contributed by atoms with E-state index in [1.807, 2.05) is 47.1 Å². The van der Waals surface area contributed by atoms with Gasteiger partial charge in [0.05, 0.1) is 13.2 Å². The van der Waals surface area contributed by atoms with Crippen LogP contribution in [0, 0.1) is 0 Å². The molecule has 2 aromatic heterocycles. The highest BCUT2D eigenvalue weighted by Crippen LogP contribution is 2.35. The molecule has 1 saturated heterocycles. The van der Waals surface area contributed by atoms with Gasteiger partial charge in [-0.2, -0.15) is 0 Å². The van der Waals surface area contributed by atoms with Gasteiger partial charge in [0.1, 0.15) is 11.8 Å². The lowest BCUT2D eigenvalue weighted by molar-refractivity contribution is 0.197. The van der Waals surface area contributed by atoms with Crippen molar-refractivity contribution in [3.05, 3.63) is 75.3 Å². The van der Waals surface area contributed by atoms with E-state index in [2.05, 4.69) is 36.4 Å². The Morgan fingerprint density at radius 1 is 1.05 bits per heavy atom. The maximum atomic E-state index is 13.5. The van der Waals surface area contributed by atoms with Crippen molar-refractivity contribution in [3.8, 4) is 5.75 Å². The number of tetrazole rings is 1. The van der Waals surface area contributed by atoms with Crippen molar-refractivity contribution in [2.75, 3.05) is 38.2 Å². The van der Waals surface area contributed by atoms with E-state index in [9.17, 15) is 4.79 Å². The number of aromatic amines is 1. The number of fused-ring (bicyclic) bond motifs is 1. The molecule has 0 unspecified atom stereocenters. The molecule has 1 aliphatic carbocycles. The maximum Gasteiger partial charge on any atom is 0.253 e. The fraction of sp³-hybridized carbons (Fsp3) is 0.407. The normalized spacial score (nSPS) is 17.9. The Balaban J connectivity index is 1.39. The average molecular weight is 520 g/mol. The standard InChI is InChI=1S/C27H30ClN7O2/c1-37-22-9-10-24-18(15-22)16-23(27(36)29-24)25(26-30-31-32-35(26)20-6-2-3-7-20)34-13-11-33(12-14-34)21-8-4-5-19(28)17-21/h4-5,8-10,15-17,20,25H,2-3,6-7,11-14H2,1H3,(H,29,36)/t25-/m1/s1. The number of pyridine rings is 1. The summed E-state index contributed by atoms with van der Waals surface area (Å²) in [5, 5.41) is 14.6. The van der Waals surface area contributed by atoms with E-state index >= 15 is 0 Å². The maximum absolute atomic E-state index is 13.5. The summed E-state index contributed by atoms with van der Waals surface area (Å²) in [6.45, 7) is 3.12. The second kappa shape index (κ2) is 10.1. The van der Waals surface area contributed by atoms with Gasteiger partial charge in [-0.25, -0.2) is 4.68 Å². The molecule has 4 aromatic rings. The molecule has 10 heteroatoms. The van der Waals surface area contributed by atoms with Crippen LogP contribution in [0.1, 0.15) is 49.2 Å². The quantitative estimate of drug-likeness (QED) is 0.408. The van der Waals surface area contributed by atoms with Crippen molar-refractivity contribution >= 4 is 28.2 Å². The van der Waals surface area contributed by atoms with Crippen LogP contribution in [0.15, 0.2) is 53.3 Å². The van der Waals surface area contributed by atoms with Crippen molar-refractivity contribution in [2.45, 2.75) is 37.8 Å². The minimum absolute atomic E-state index is 0.124. The van der Waals surface area contributed by atoms with Crippen LogP contribution in [0.3, 0.4) is 0 Å². The Labute approximate surface area is 220 Å². The first-order valence-corrected chi connectivity index (χ1v) is 13.2. The van der Waals surface area contributed by atoms with Crippen LogP contribution >= 0.6 is 11.6 Å². The van der Waals surface area contributed by atoms with Crippen LogP contribution in [0.25, 0.3) is 10.9 Å². The summed E-state index contributed by atoms with van der Waals surface area (Å²) in [7, 11) is 1.64. The minimum Gasteiger partial charge on any atom is -0.497 e. The number of methoxy groups -OCH3 is 1. The molecule has 1 atom stereocenters. The number of hydrogen-bond acceptors (Lipinski definition) is 7. The summed E-state index contributed by atoms with van der Waals surface area (Å²) < 4.78 is 7.40. The molecule has 6 rings (SSSR count). The number of nitrogens with one attached hydrogen (secondary N) is 1. The zero-order valence-corrected chi connectivity index (χ0v) is 21.6. The fourth-order valence-corrected chi connectivity index (χ4v) is 5.92. The molecule has 2 aromatic carbocycles. The number of ether oxygens (including phenoxy) is 1. The molecule has 3 heterocycles. The topological polar surface area (TPSA) is 92.2 Å².